The highest BCUT2D eigenvalue weighted by Crippen LogP contribution is 2.16. The van der Waals surface area contributed by atoms with E-state index >= 15 is 0 Å². The van der Waals surface area contributed by atoms with E-state index in [0.29, 0.717) is 26.0 Å². The zero-order valence-corrected chi connectivity index (χ0v) is 15.4. The highest BCUT2D eigenvalue weighted by atomic mass is 32.1. The summed E-state index contributed by atoms with van der Waals surface area (Å²) in [7, 11) is 0. The molecule has 0 fully saturated rings. The first-order valence-electron chi connectivity index (χ1n) is 8.17. The molecule has 0 aliphatic rings. The second kappa shape index (κ2) is 11.0. The number of hydrogen-bond acceptors (Lipinski definition) is 5. The Hall–Kier alpha value is -1.63. The molecule has 0 spiro atoms. The van der Waals surface area contributed by atoms with Gasteiger partial charge in [0, 0.05) is 37.4 Å². The van der Waals surface area contributed by atoms with Crippen molar-refractivity contribution in [3.8, 4) is 0 Å². The van der Waals surface area contributed by atoms with Crippen molar-refractivity contribution in [3.63, 3.8) is 0 Å². The summed E-state index contributed by atoms with van der Waals surface area (Å²) in [5.74, 6) is 0.622. The van der Waals surface area contributed by atoms with E-state index in [1.54, 1.807) is 11.3 Å². The van der Waals surface area contributed by atoms with Crippen molar-refractivity contribution in [1.29, 1.82) is 0 Å². The topological polar surface area (TPSA) is 75.6 Å². The second-order valence-electron chi connectivity index (χ2n) is 5.10. The highest BCUT2D eigenvalue weighted by Gasteiger charge is 2.04. The molecule has 130 valence electrons. The predicted molar refractivity (Wildman–Crippen MR) is 95.1 cm³/mol. The monoisotopic (exact) mass is 340 g/mol. The van der Waals surface area contributed by atoms with Crippen LogP contribution in [0.1, 0.15) is 42.3 Å². The average molecular weight is 340 g/mol. The van der Waals surface area contributed by atoms with Crippen molar-refractivity contribution in [2.45, 2.75) is 47.0 Å². The Bertz CT molecular complexity index is 495. The smallest absolute Gasteiger partial charge is 0.305 e. The van der Waals surface area contributed by atoms with Gasteiger partial charge in [0.1, 0.15) is 0 Å². The molecule has 1 heterocycles. The lowest BCUT2D eigenvalue weighted by atomic mass is 10.3. The molecule has 0 bridgehead atoms. The third-order valence-electron chi connectivity index (χ3n) is 3.16. The number of nitrogens with zero attached hydrogens (tertiary/aromatic N) is 2. The number of guanidine groups is 1. The minimum absolute atomic E-state index is 0.157. The molecule has 1 aromatic heterocycles. The summed E-state index contributed by atoms with van der Waals surface area (Å²) in [4.78, 5) is 21.5. The quantitative estimate of drug-likeness (QED) is 0.312. The molecule has 2 N–H and O–H groups in total. The van der Waals surface area contributed by atoms with Crippen molar-refractivity contribution in [2.75, 3.05) is 26.2 Å². The second-order valence-corrected chi connectivity index (χ2v) is 6.38. The Labute approximate surface area is 142 Å². The third kappa shape index (κ3) is 7.97. The minimum atomic E-state index is -0.157. The van der Waals surface area contributed by atoms with Crippen LogP contribution < -0.4 is 10.6 Å². The number of carbonyl (C=O) groups is 1. The molecule has 0 aliphatic carbocycles. The SMILES string of the molecule is CCNC(=NCCCC(=O)OCC)NCCc1nc(C)c(C)s1. The van der Waals surface area contributed by atoms with Crippen LogP contribution in [0.3, 0.4) is 0 Å². The number of hydrogen-bond donors (Lipinski definition) is 2. The number of aromatic nitrogens is 1. The van der Waals surface area contributed by atoms with Crippen LogP contribution in [0.5, 0.6) is 0 Å². The fourth-order valence-corrected chi connectivity index (χ4v) is 2.86. The van der Waals surface area contributed by atoms with E-state index in [-0.39, 0.29) is 5.97 Å². The van der Waals surface area contributed by atoms with E-state index in [1.165, 1.54) is 4.88 Å². The Morgan fingerprint density at radius 3 is 2.70 bits per heavy atom. The van der Waals surface area contributed by atoms with Gasteiger partial charge in [-0.2, -0.15) is 0 Å². The Morgan fingerprint density at radius 1 is 1.30 bits per heavy atom. The average Bonchev–Trinajstić information content (AvgIpc) is 2.82. The lowest BCUT2D eigenvalue weighted by Gasteiger charge is -2.10. The summed E-state index contributed by atoms with van der Waals surface area (Å²) in [6.07, 6.45) is 1.99. The van der Waals surface area contributed by atoms with E-state index in [0.717, 1.165) is 36.2 Å². The molecule has 1 aromatic rings. The van der Waals surface area contributed by atoms with Gasteiger partial charge in [-0.3, -0.25) is 9.79 Å². The Balaban J connectivity index is 2.32. The molecule has 0 amide bonds. The molecular weight excluding hydrogens is 312 g/mol. The molecule has 0 unspecified atom stereocenters. The molecule has 0 aliphatic heterocycles. The maximum absolute atomic E-state index is 11.3. The largest absolute Gasteiger partial charge is 0.466 e. The van der Waals surface area contributed by atoms with Crippen LogP contribution in [0.15, 0.2) is 4.99 Å². The van der Waals surface area contributed by atoms with Crippen LogP contribution in [-0.2, 0) is 16.0 Å². The van der Waals surface area contributed by atoms with Crippen LogP contribution in [0.25, 0.3) is 0 Å². The summed E-state index contributed by atoms with van der Waals surface area (Å²) < 4.78 is 4.90. The molecule has 6 nitrogen and oxygen atoms in total. The van der Waals surface area contributed by atoms with Crippen molar-refractivity contribution < 1.29 is 9.53 Å². The molecule has 0 saturated heterocycles. The Morgan fingerprint density at radius 2 is 2.09 bits per heavy atom. The molecule has 7 heteroatoms. The maximum Gasteiger partial charge on any atom is 0.305 e. The highest BCUT2D eigenvalue weighted by molar-refractivity contribution is 7.11. The van der Waals surface area contributed by atoms with Gasteiger partial charge in [0.05, 0.1) is 17.3 Å². The zero-order chi connectivity index (χ0) is 17.1. The zero-order valence-electron chi connectivity index (χ0n) is 14.6. The fourth-order valence-electron chi connectivity index (χ4n) is 1.92. The fraction of sp³-hybridized carbons (Fsp3) is 0.688. The lowest BCUT2D eigenvalue weighted by molar-refractivity contribution is -0.143. The number of esters is 1. The van der Waals surface area contributed by atoms with Gasteiger partial charge in [-0.1, -0.05) is 0 Å². The van der Waals surface area contributed by atoms with Crippen molar-refractivity contribution >= 4 is 23.3 Å². The minimum Gasteiger partial charge on any atom is -0.466 e. The molecule has 0 saturated carbocycles. The van der Waals surface area contributed by atoms with E-state index in [1.807, 2.05) is 20.8 Å². The number of carbonyl (C=O) groups excluding carboxylic acids is 1. The van der Waals surface area contributed by atoms with Crippen molar-refractivity contribution in [3.05, 3.63) is 15.6 Å². The van der Waals surface area contributed by atoms with E-state index < -0.39 is 0 Å². The van der Waals surface area contributed by atoms with Crippen LogP contribution in [0, 0.1) is 13.8 Å². The molecular formula is C16H28N4O2S. The summed E-state index contributed by atoms with van der Waals surface area (Å²) in [5.41, 5.74) is 1.12. The number of aryl methyl sites for hydroxylation is 2. The first kappa shape index (κ1) is 19.4. The van der Waals surface area contributed by atoms with E-state index in [2.05, 4.69) is 27.5 Å². The molecule has 23 heavy (non-hydrogen) atoms. The number of ether oxygens (including phenoxy) is 1. The first-order chi connectivity index (χ1) is 11.1. The maximum atomic E-state index is 11.3. The normalized spacial score (nSPS) is 11.4. The molecule has 0 atom stereocenters. The standard InChI is InChI=1S/C16H28N4O2S/c1-5-17-16(18-10-7-8-15(21)22-6-2)19-11-9-14-20-12(3)13(4)23-14/h5-11H2,1-4H3,(H2,17,18,19). The van der Waals surface area contributed by atoms with Crippen LogP contribution in [-0.4, -0.2) is 43.2 Å². The number of thiazole rings is 1. The van der Waals surface area contributed by atoms with Gasteiger partial charge in [-0.15, -0.1) is 11.3 Å². The summed E-state index contributed by atoms with van der Waals surface area (Å²) in [5, 5.41) is 7.65. The van der Waals surface area contributed by atoms with Crippen molar-refractivity contribution in [2.24, 2.45) is 4.99 Å². The number of nitrogens with one attached hydrogen (secondary N) is 2. The van der Waals surface area contributed by atoms with Crippen molar-refractivity contribution in [1.82, 2.24) is 15.6 Å². The molecule has 0 aromatic carbocycles. The third-order valence-corrected chi connectivity index (χ3v) is 4.30. The number of rotatable bonds is 9. The van der Waals surface area contributed by atoms with Gasteiger partial charge in [0.15, 0.2) is 5.96 Å². The van der Waals surface area contributed by atoms with Gasteiger partial charge in [-0.05, 0) is 34.1 Å². The van der Waals surface area contributed by atoms with Gasteiger partial charge in [0.2, 0.25) is 0 Å². The van der Waals surface area contributed by atoms with E-state index in [4.69, 9.17) is 4.74 Å². The van der Waals surface area contributed by atoms with Crippen LogP contribution in [0.2, 0.25) is 0 Å². The summed E-state index contributed by atoms with van der Waals surface area (Å²) >= 11 is 1.75. The Kier molecular flexibility index (Phi) is 9.28. The van der Waals surface area contributed by atoms with Gasteiger partial charge < -0.3 is 15.4 Å². The summed E-state index contributed by atoms with van der Waals surface area (Å²) in [6.45, 7) is 10.6. The van der Waals surface area contributed by atoms with Crippen LogP contribution >= 0.6 is 11.3 Å². The first-order valence-corrected chi connectivity index (χ1v) is 8.99. The lowest BCUT2D eigenvalue weighted by Crippen LogP contribution is -2.38. The summed E-state index contributed by atoms with van der Waals surface area (Å²) in [6, 6.07) is 0. The van der Waals surface area contributed by atoms with Gasteiger partial charge in [-0.25, -0.2) is 4.98 Å². The number of aliphatic imine (C=N–C) groups is 1. The van der Waals surface area contributed by atoms with E-state index in [9.17, 15) is 4.79 Å². The van der Waals surface area contributed by atoms with Gasteiger partial charge in [0.25, 0.3) is 0 Å². The molecule has 1 rings (SSSR count). The van der Waals surface area contributed by atoms with Crippen LogP contribution in [0.4, 0.5) is 0 Å². The van der Waals surface area contributed by atoms with Gasteiger partial charge >= 0.3 is 5.97 Å². The molecule has 0 radical (unpaired) electrons. The predicted octanol–water partition coefficient (Wildman–Crippen LogP) is 2.20.